The van der Waals surface area contributed by atoms with Crippen molar-refractivity contribution in [2.45, 2.75) is 11.8 Å². The Kier molecular flexibility index (Phi) is 3.87. The normalized spacial score (nSPS) is 18.2. The first-order valence-corrected chi connectivity index (χ1v) is 7.72. The lowest BCUT2D eigenvalue weighted by Gasteiger charge is -2.27. The third kappa shape index (κ3) is 2.70. The Morgan fingerprint density at radius 2 is 1.94 bits per heavy atom. The summed E-state index contributed by atoms with van der Waals surface area (Å²) in [5, 5.41) is 3.14. The molecule has 1 aliphatic rings. The summed E-state index contributed by atoms with van der Waals surface area (Å²) in [6.07, 6.45) is 0. The number of halogens is 1. The molecule has 0 aromatic heterocycles. The van der Waals surface area contributed by atoms with E-state index in [1.807, 2.05) is 19.1 Å². The molecule has 17 heavy (non-hydrogen) atoms. The fourth-order valence-corrected chi connectivity index (χ4v) is 4.43. The van der Waals surface area contributed by atoms with Crippen LogP contribution in [0.25, 0.3) is 0 Å². The van der Waals surface area contributed by atoms with Gasteiger partial charge >= 0.3 is 0 Å². The fourth-order valence-electron chi connectivity index (χ4n) is 1.84. The average molecular weight is 319 g/mol. The monoisotopic (exact) mass is 318 g/mol. The molecule has 1 aliphatic heterocycles. The largest absolute Gasteiger partial charge is 0.314 e. The second kappa shape index (κ2) is 5.06. The molecule has 1 N–H and O–H groups in total. The number of hydrogen-bond donors (Lipinski definition) is 1. The first kappa shape index (κ1) is 13.0. The summed E-state index contributed by atoms with van der Waals surface area (Å²) >= 11 is 3.33. The van der Waals surface area contributed by atoms with Crippen LogP contribution in [0.5, 0.6) is 0 Å². The summed E-state index contributed by atoms with van der Waals surface area (Å²) < 4.78 is 26.9. The molecule has 0 spiro atoms. The Hall–Kier alpha value is -0.430. The smallest absolute Gasteiger partial charge is 0.244 e. The first-order chi connectivity index (χ1) is 8.01. The maximum Gasteiger partial charge on any atom is 0.244 e. The van der Waals surface area contributed by atoms with Gasteiger partial charge in [0, 0.05) is 30.7 Å². The number of nitrogens with one attached hydrogen (secondary N) is 1. The zero-order chi connectivity index (χ0) is 12.5. The van der Waals surface area contributed by atoms with Crippen molar-refractivity contribution in [3.8, 4) is 0 Å². The lowest BCUT2D eigenvalue weighted by molar-refractivity contribution is 0.360. The Morgan fingerprint density at radius 3 is 2.53 bits per heavy atom. The first-order valence-electron chi connectivity index (χ1n) is 5.49. The lowest BCUT2D eigenvalue weighted by atomic mass is 10.2. The van der Waals surface area contributed by atoms with Crippen LogP contribution in [0, 0.1) is 6.92 Å². The minimum absolute atomic E-state index is 0.352. The summed E-state index contributed by atoms with van der Waals surface area (Å²) in [5.74, 6) is 0. The summed E-state index contributed by atoms with van der Waals surface area (Å²) in [6, 6.07) is 5.31. The van der Waals surface area contributed by atoms with Crippen LogP contribution in [0.15, 0.2) is 27.6 Å². The topological polar surface area (TPSA) is 49.4 Å². The summed E-state index contributed by atoms with van der Waals surface area (Å²) in [6.45, 7) is 4.42. The van der Waals surface area contributed by atoms with E-state index in [1.54, 1.807) is 6.07 Å². The number of rotatable bonds is 2. The Bertz CT molecular complexity index is 510. The Morgan fingerprint density at radius 1 is 1.29 bits per heavy atom. The molecule has 0 radical (unpaired) electrons. The van der Waals surface area contributed by atoms with Crippen LogP contribution >= 0.6 is 15.9 Å². The molecule has 0 amide bonds. The van der Waals surface area contributed by atoms with Gasteiger partial charge in [-0.25, -0.2) is 8.42 Å². The number of sulfonamides is 1. The van der Waals surface area contributed by atoms with E-state index in [9.17, 15) is 8.42 Å². The van der Waals surface area contributed by atoms with Gasteiger partial charge < -0.3 is 5.32 Å². The van der Waals surface area contributed by atoms with Crippen LogP contribution in [0.4, 0.5) is 0 Å². The molecule has 6 heteroatoms. The van der Waals surface area contributed by atoms with Crippen molar-refractivity contribution in [3.63, 3.8) is 0 Å². The molecule has 0 saturated carbocycles. The number of piperazine rings is 1. The van der Waals surface area contributed by atoms with Gasteiger partial charge in [0.15, 0.2) is 0 Å². The minimum Gasteiger partial charge on any atom is -0.314 e. The van der Waals surface area contributed by atoms with E-state index in [4.69, 9.17) is 0 Å². The van der Waals surface area contributed by atoms with Crippen LogP contribution in [-0.2, 0) is 10.0 Å². The molecule has 2 rings (SSSR count). The van der Waals surface area contributed by atoms with Gasteiger partial charge in [-0.15, -0.1) is 0 Å². The lowest BCUT2D eigenvalue weighted by Crippen LogP contribution is -2.46. The molecular weight excluding hydrogens is 304 g/mol. The number of benzene rings is 1. The van der Waals surface area contributed by atoms with Gasteiger partial charge in [0.1, 0.15) is 0 Å². The van der Waals surface area contributed by atoms with Crippen molar-refractivity contribution in [3.05, 3.63) is 28.2 Å². The quantitative estimate of drug-likeness (QED) is 0.895. The van der Waals surface area contributed by atoms with Gasteiger partial charge in [0.05, 0.1) is 4.90 Å². The molecule has 1 saturated heterocycles. The van der Waals surface area contributed by atoms with E-state index in [0.717, 1.165) is 5.56 Å². The molecule has 1 aromatic rings. The van der Waals surface area contributed by atoms with E-state index in [0.29, 0.717) is 35.5 Å². The van der Waals surface area contributed by atoms with Gasteiger partial charge in [-0.2, -0.15) is 4.31 Å². The Balaban J connectivity index is 2.37. The molecule has 0 unspecified atom stereocenters. The zero-order valence-corrected chi connectivity index (χ0v) is 12.0. The molecule has 0 bridgehead atoms. The highest BCUT2D eigenvalue weighted by Crippen LogP contribution is 2.26. The molecular formula is C11H15BrN2O2S. The highest BCUT2D eigenvalue weighted by Gasteiger charge is 2.27. The number of hydrogen-bond acceptors (Lipinski definition) is 3. The Labute approximate surface area is 110 Å². The van der Waals surface area contributed by atoms with Crippen molar-refractivity contribution >= 4 is 26.0 Å². The van der Waals surface area contributed by atoms with E-state index < -0.39 is 10.0 Å². The molecule has 0 atom stereocenters. The van der Waals surface area contributed by atoms with Crippen LogP contribution in [0.2, 0.25) is 0 Å². The van der Waals surface area contributed by atoms with E-state index in [-0.39, 0.29) is 0 Å². The van der Waals surface area contributed by atoms with Gasteiger partial charge in [-0.3, -0.25) is 0 Å². The maximum absolute atomic E-state index is 12.4. The standard InChI is InChI=1S/C11H15BrN2O2S/c1-9-2-3-11(10(12)8-9)17(15,16)14-6-4-13-5-7-14/h2-3,8,13H,4-7H2,1H3. The van der Waals surface area contributed by atoms with Crippen molar-refractivity contribution in [2.24, 2.45) is 0 Å². The molecule has 4 nitrogen and oxygen atoms in total. The second-order valence-corrected chi connectivity index (χ2v) is 6.85. The van der Waals surface area contributed by atoms with Crippen molar-refractivity contribution in [1.29, 1.82) is 0 Å². The molecule has 94 valence electrons. The SMILES string of the molecule is Cc1ccc(S(=O)(=O)N2CCNCC2)c(Br)c1. The molecule has 1 heterocycles. The highest BCUT2D eigenvalue weighted by atomic mass is 79.9. The van der Waals surface area contributed by atoms with Gasteiger partial charge in [0.2, 0.25) is 10.0 Å². The van der Waals surface area contributed by atoms with Crippen LogP contribution in [0.3, 0.4) is 0 Å². The second-order valence-electron chi connectivity index (χ2n) is 4.09. The average Bonchev–Trinajstić information content (AvgIpc) is 2.29. The van der Waals surface area contributed by atoms with Crippen LogP contribution in [0.1, 0.15) is 5.56 Å². The third-order valence-corrected chi connectivity index (χ3v) is 5.66. The van der Waals surface area contributed by atoms with Gasteiger partial charge in [-0.1, -0.05) is 6.07 Å². The maximum atomic E-state index is 12.4. The summed E-state index contributed by atoms with van der Waals surface area (Å²) in [5.41, 5.74) is 1.04. The van der Waals surface area contributed by atoms with Crippen molar-refractivity contribution in [2.75, 3.05) is 26.2 Å². The fraction of sp³-hybridized carbons (Fsp3) is 0.455. The molecule has 1 fully saturated rings. The predicted molar refractivity (Wildman–Crippen MR) is 70.5 cm³/mol. The van der Waals surface area contributed by atoms with Crippen LogP contribution < -0.4 is 5.32 Å². The zero-order valence-electron chi connectivity index (χ0n) is 9.61. The van der Waals surface area contributed by atoms with Crippen LogP contribution in [-0.4, -0.2) is 38.9 Å². The molecule has 0 aliphatic carbocycles. The van der Waals surface area contributed by atoms with Gasteiger partial charge in [-0.05, 0) is 40.5 Å². The van der Waals surface area contributed by atoms with E-state index in [1.165, 1.54) is 4.31 Å². The predicted octanol–water partition coefficient (Wildman–Crippen LogP) is 1.35. The van der Waals surface area contributed by atoms with Crippen molar-refractivity contribution in [1.82, 2.24) is 9.62 Å². The summed E-state index contributed by atoms with van der Waals surface area (Å²) in [4.78, 5) is 0.352. The van der Waals surface area contributed by atoms with E-state index >= 15 is 0 Å². The third-order valence-electron chi connectivity index (χ3n) is 2.78. The summed E-state index contributed by atoms with van der Waals surface area (Å²) in [7, 11) is -3.36. The minimum atomic E-state index is -3.36. The molecule has 1 aromatic carbocycles. The van der Waals surface area contributed by atoms with Crippen molar-refractivity contribution < 1.29 is 8.42 Å². The van der Waals surface area contributed by atoms with E-state index in [2.05, 4.69) is 21.2 Å². The number of nitrogens with zero attached hydrogens (tertiary/aromatic N) is 1. The van der Waals surface area contributed by atoms with Gasteiger partial charge in [0.25, 0.3) is 0 Å². The highest BCUT2D eigenvalue weighted by molar-refractivity contribution is 9.10. The number of aryl methyl sites for hydroxylation is 1.